The number of rotatable bonds is 6. The predicted molar refractivity (Wildman–Crippen MR) is 74.5 cm³/mol. The van der Waals surface area contributed by atoms with Gasteiger partial charge in [0, 0.05) is 12.7 Å². The van der Waals surface area contributed by atoms with Gasteiger partial charge in [-0.05, 0) is 32.0 Å². The van der Waals surface area contributed by atoms with Crippen LogP contribution in [-0.4, -0.2) is 24.1 Å². The van der Waals surface area contributed by atoms with E-state index in [2.05, 4.69) is 4.72 Å². The van der Waals surface area contributed by atoms with Crippen molar-refractivity contribution in [3.05, 3.63) is 42.1 Å². The highest BCUT2D eigenvalue weighted by molar-refractivity contribution is 7.89. The number of carbonyl (C=O) groups is 1. The molecular weight excluding hydrogens is 296 g/mol. The number of sulfonamides is 1. The Hall–Kier alpha value is -2.06. The maximum absolute atomic E-state index is 12.3. The zero-order chi connectivity index (χ0) is 15.6. The smallest absolute Gasteiger partial charge is 0.352 e. The van der Waals surface area contributed by atoms with Crippen molar-refractivity contribution in [2.45, 2.75) is 31.3 Å². The number of furan rings is 1. The highest BCUT2D eigenvalue weighted by Gasteiger charge is 2.23. The van der Waals surface area contributed by atoms with Crippen molar-refractivity contribution < 1.29 is 22.7 Å². The van der Waals surface area contributed by atoms with Gasteiger partial charge >= 0.3 is 5.97 Å². The number of carboxylic acids is 1. The number of hydrogen-bond acceptors (Lipinski definition) is 4. The molecule has 7 nitrogen and oxygen atoms in total. The molecule has 2 heterocycles. The fraction of sp³-hybridized carbons (Fsp3) is 0.308. The first-order valence-corrected chi connectivity index (χ1v) is 7.82. The molecule has 2 rings (SSSR count). The molecule has 0 amide bonds. The lowest BCUT2D eigenvalue weighted by atomic mass is 10.3. The Bertz CT molecular complexity index is 731. The molecule has 0 unspecified atom stereocenters. The molecule has 2 aromatic heterocycles. The van der Waals surface area contributed by atoms with Crippen LogP contribution in [-0.2, 0) is 16.6 Å². The van der Waals surface area contributed by atoms with Crippen LogP contribution in [0.4, 0.5) is 0 Å². The molecule has 0 aliphatic rings. The van der Waals surface area contributed by atoms with Crippen LogP contribution in [0.1, 0.15) is 36.1 Å². The number of nitrogens with zero attached hydrogens (tertiary/aromatic N) is 1. The van der Waals surface area contributed by atoms with E-state index in [1.54, 1.807) is 26.0 Å². The fourth-order valence-corrected chi connectivity index (χ4v) is 3.22. The lowest BCUT2D eigenvalue weighted by molar-refractivity contribution is 0.0685. The van der Waals surface area contributed by atoms with Crippen LogP contribution < -0.4 is 4.72 Å². The van der Waals surface area contributed by atoms with E-state index in [1.807, 2.05) is 0 Å². The second-order valence-electron chi connectivity index (χ2n) is 4.51. The van der Waals surface area contributed by atoms with Gasteiger partial charge in [-0.25, -0.2) is 17.9 Å². The summed E-state index contributed by atoms with van der Waals surface area (Å²) in [6.45, 7) is 3.75. The van der Waals surface area contributed by atoms with Crippen molar-refractivity contribution in [1.82, 2.24) is 9.29 Å². The minimum Gasteiger partial charge on any atom is -0.477 e. The largest absolute Gasteiger partial charge is 0.477 e. The van der Waals surface area contributed by atoms with Gasteiger partial charge in [-0.15, -0.1) is 0 Å². The molecule has 21 heavy (non-hydrogen) atoms. The molecule has 0 fully saturated rings. The van der Waals surface area contributed by atoms with Crippen molar-refractivity contribution in [1.29, 1.82) is 0 Å². The van der Waals surface area contributed by atoms with E-state index < -0.39 is 22.0 Å². The lowest BCUT2D eigenvalue weighted by Gasteiger charge is -2.10. The van der Waals surface area contributed by atoms with Gasteiger partial charge in [-0.1, -0.05) is 0 Å². The Morgan fingerprint density at radius 2 is 2.24 bits per heavy atom. The number of aryl methyl sites for hydroxylation is 1. The van der Waals surface area contributed by atoms with Crippen molar-refractivity contribution in [3.8, 4) is 0 Å². The van der Waals surface area contributed by atoms with Gasteiger partial charge in [-0.3, -0.25) is 0 Å². The molecule has 8 heteroatoms. The van der Waals surface area contributed by atoms with E-state index >= 15 is 0 Å². The zero-order valence-corrected chi connectivity index (χ0v) is 12.4. The average molecular weight is 312 g/mol. The zero-order valence-electron chi connectivity index (χ0n) is 11.6. The first-order valence-electron chi connectivity index (χ1n) is 6.34. The van der Waals surface area contributed by atoms with E-state index in [4.69, 9.17) is 9.52 Å². The third-order valence-electron chi connectivity index (χ3n) is 3.04. The number of aromatic nitrogens is 1. The third-order valence-corrected chi connectivity index (χ3v) is 4.55. The molecule has 0 spiro atoms. The SMILES string of the molecule is CCn1cc(S(=O)(=O)N[C@H](C)c2ccco2)cc1C(=O)O. The van der Waals surface area contributed by atoms with Crippen LogP contribution >= 0.6 is 0 Å². The van der Waals surface area contributed by atoms with E-state index in [1.165, 1.54) is 17.0 Å². The maximum atomic E-state index is 12.3. The van der Waals surface area contributed by atoms with Crippen LogP contribution in [0.5, 0.6) is 0 Å². The minimum atomic E-state index is -3.83. The van der Waals surface area contributed by atoms with Crippen molar-refractivity contribution in [2.24, 2.45) is 0 Å². The summed E-state index contributed by atoms with van der Waals surface area (Å²) < 4.78 is 33.5. The summed E-state index contributed by atoms with van der Waals surface area (Å²) in [5.74, 6) is -0.690. The highest BCUT2D eigenvalue weighted by atomic mass is 32.2. The maximum Gasteiger partial charge on any atom is 0.352 e. The summed E-state index contributed by atoms with van der Waals surface area (Å²) in [6.07, 6.45) is 2.76. The van der Waals surface area contributed by atoms with Gasteiger partial charge in [0.05, 0.1) is 12.3 Å². The first kappa shape index (κ1) is 15.3. The van der Waals surface area contributed by atoms with Gasteiger partial charge in [0.25, 0.3) is 0 Å². The summed E-state index contributed by atoms with van der Waals surface area (Å²) in [5.41, 5.74) is -0.0662. The van der Waals surface area contributed by atoms with Crippen LogP contribution in [0.25, 0.3) is 0 Å². The molecule has 0 aliphatic heterocycles. The van der Waals surface area contributed by atoms with Gasteiger partial charge in [0.1, 0.15) is 16.3 Å². The molecule has 0 saturated heterocycles. The lowest BCUT2D eigenvalue weighted by Crippen LogP contribution is -2.26. The minimum absolute atomic E-state index is 0.0662. The Morgan fingerprint density at radius 1 is 1.52 bits per heavy atom. The van der Waals surface area contributed by atoms with E-state index in [0.29, 0.717) is 12.3 Å². The fourth-order valence-electron chi connectivity index (χ4n) is 1.97. The monoisotopic (exact) mass is 312 g/mol. The second-order valence-corrected chi connectivity index (χ2v) is 6.22. The molecule has 114 valence electrons. The molecular formula is C13H16N2O5S. The van der Waals surface area contributed by atoms with E-state index in [0.717, 1.165) is 6.07 Å². The Labute approximate surface area is 122 Å². The molecule has 0 bridgehead atoms. The van der Waals surface area contributed by atoms with E-state index in [9.17, 15) is 13.2 Å². The topological polar surface area (TPSA) is 102 Å². The number of nitrogens with one attached hydrogen (secondary N) is 1. The molecule has 2 N–H and O–H groups in total. The number of hydrogen-bond donors (Lipinski definition) is 2. The normalized spacial score (nSPS) is 13.2. The summed E-state index contributed by atoms with van der Waals surface area (Å²) >= 11 is 0. The molecule has 0 saturated carbocycles. The number of aromatic carboxylic acids is 1. The van der Waals surface area contributed by atoms with Crippen molar-refractivity contribution >= 4 is 16.0 Å². The molecule has 1 atom stereocenters. The summed E-state index contributed by atoms with van der Waals surface area (Å²) in [5, 5.41) is 9.06. The predicted octanol–water partition coefficient (Wildman–Crippen LogP) is 1.84. The van der Waals surface area contributed by atoms with Gasteiger partial charge in [0.2, 0.25) is 10.0 Å². The third kappa shape index (κ3) is 3.17. The number of carboxylic acid groups (broad SMARTS) is 1. The van der Waals surface area contributed by atoms with E-state index in [-0.39, 0.29) is 10.6 Å². The van der Waals surface area contributed by atoms with Crippen LogP contribution in [0.15, 0.2) is 40.0 Å². The van der Waals surface area contributed by atoms with Crippen LogP contribution in [0.2, 0.25) is 0 Å². The molecule has 0 aliphatic carbocycles. The Morgan fingerprint density at radius 3 is 2.71 bits per heavy atom. The Balaban J connectivity index is 2.29. The molecule has 0 radical (unpaired) electrons. The molecule has 2 aromatic rings. The van der Waals surface area contributed by atoms with Crippen LogP contribution in [0.3, 0.4) is 0 Å². The van der Waals surface area contributed by atoms with Crippen molar-refractivity contribution in [3.63, 3.8) is 0 Å². The van der Waals surface area contributed by atoms with Crippen LogP contribution in [0, 0.1) is 0 Å². The first-order chi connectivity index (χ1) is 9.85. The van der Waals surface area contributed by atoms with Gasteiger partial charge < -0.3 is 14.1 Å². The standard InChI is InChI=1S/C13H16N2O5S/c1-3-15-8-10(7-11(15)13(16)17)21(18,19)14-9(2)12-5-4-6-20-12/h4-9,14H,3H2,1-2H3,(H,16,17)/t9-/m1/s1. The summed E-state index contributed by atoms with van der Waals surface area (Å²) in [6, 6.07) is 3.91. The van der Waals surface area contributed by atoms with Crippen molar-refractivity contribution in [2.75, 3.05) is 0 Å². The highest BCUT2D eigenvalue weighted by Crippen LogP contribution is 2.19. The average Bonchev–Trinajstić information content (AvgIpc) is 3.07. The summed E-state index contributed by atoms with van der Waals surface area (Å²) in [7, 11) is -3.83. The summed E-state index contributed by atoms with van der Waals surface area (Å²) in [4.78, 5) is 11.0. The Kier molecular flexibility index (Phi) is 4.19. The second kappa shape index (κ2) is 5.74. The molecule has 0 aromatic carbocycles. The quantitative estimate of drug-likeness (QED) is 0.847. The van der Waals surface area contributed by atoms with Gasteiger partial charge in [-0.2, -0.15) is 0 Å². The van der Waals surface area contributed by atoms with Gasteiger partial charge in [0.15, 0.2) is 0 Å².